The number of carbonyl (C=O) groups is 2. The number of para-hydroxylation sites is 2. The molecule has 1 atom stereocenters. The summed E-state index contributed by atoms with van der Waals surface area (Å²) in [6, 6.07) is 15.5. The average Bonchev–Trinajstić information content (AvgIpc) is 3.43. The number of benzene rings is 2. The summed E-state index contributed by atoms with van der Waals surface area (Å²) in [4.78, 5) is 27.0. The van der Waals surface area contributed by atoms with Crippen molar-refractivity contribution in [3.63, 3.8) is 0 Å². The highest BCUT2D eigenvalue weighted by atomic mass is 32.2. The van der Waals surface area contributed by atoms with Crippen molar-refractivity contribution in [1.82, 2.24) is 0 Å². The lowest BCUT2D eigenvalue weighted by Crippen LogP contribution is -2.28. The maximum atomic E-state index is 12.8. The van der Waals surface area contributed by atoms with Crippen molar-refractivity contribution >= 4 is 35.0 Å². The van der Waals surface area contributed by atoms with E-state index in [9.17, 15) is 9.59 Å². The van der Waals surface area contributed by atoms with Crippen LogP contribution in [0, 0.1) is 5.92 Å². The van der Waals surface area contributed by atoms with Crippen LogP contribution in [0.1, 0.15) is 56.4 Å². The Morgan fingerprint density at radius 2 is 1.97 bits per heavy atom. The predicted octanol–water partition coefficient (Wildman–Crippen LogP) is 5.77. The maximum Gasteiger partial charge on any atom is 0.238 e. The van der Waals surface area contributed by atoms with Gasteiger partial charge in [0.05, 0.1) is 18.0 Å². The third-order valence-corrected chi connectivity index (χ3v) is 7.21. The van der Waals surface area contributed by atoms with Gasteiger partial charge in [0, 0.05) is 12.1 Å². The van der Waals surface area contributed by atoms with Crippen LogP contribution in [0.25, 0.3) is 0 Å². The van der Waals surface area contributed by atoms with E-state index in [2.05, 4.69) is 5.32 Å². The zero-order valence-electron chi connectivity index (χ0n) is 18.0. The van der Waals surface area contributed by atoms with Gasteiger partial charge in [0.2, 0.25) is 11.8 Å². The molecule has 2 aromatic rings. The molecule has 6 heteroatoms. The van der Waals surface area contributed by atoms with Crippen LogP contribution in [-0.2, 0) is 9.59 Å². The van der Waals surface area contributed by atoms with Crippen LogP contribution in [-0.4, -0.2) is 24.2 Å². The molecule has 0 spiro atoms. The number of ether oxygens (including phenoxy) is 1. The fraction of sp³-hybridized carbons (Fsp3) is 0.440. The highest BCUT2D eigenvalue weighted by Crippen LogP contribution is 2.45. The molecule has 31 heavy (non-hydrogen) atoms. The first-order valence-electron chi connectivity index (χ1n) is 11.2. The lowest BCUT2D eigenvalue weighted by Gasteiger charge is -2.26. The van der Waals surface area contributed by atoms with Gasteiger partial charge in [0.1, 0.15) is 11.1 Å². The average molecular weight is 439 g/mol. The second-order valence-corrected chi connectivity index (χ2v) is 9.26. The molecule has 1 saturated carbocycles. The topological polar surface area (TPSA) is 58.6 Å². The number of nitrogens with zero attached hydrogens (tertiary/aromatic N) is 1. The molecule has 1 aliphatic heterocycles. The summed E-state index contributed by atoms with van der Waals surface area (Å²) in [6.07, 6.45) is 6.66. The summed E-state index contributed by atoms with van der Waals surface area (Å²) in [5.41, 5.74) is 2.57. The third kappa shape index (κ3) is 5.24. The van der Waals surface area contributed by atoms with Gasteiger partial charge in [-0.25, -0.2) is 0 Å². The van der Waals surface area contributed by atoms with Gasteiger partial charge in [-0.3, -0.25) is 14.5 Å². The lowest BCUT2D eigenvalue weighted by atomic mass is 10.0. The highest BCUT2D eigenvalue weighted by Gasteiger charge is 2.35. The standard InChI is InChI=1S/C25H30N2O3S/c1-2-30-22-13-6-5-12-21(22)27-24(29)17-31-25(27)19-10-7-11-20(16-19)26-23(28)15-14-18-8-3-4-9-18/h5-7,10-13,16,18,25H,2-4,8-9,14-15,17H2,1H3,(H,26,28). The first-order valence-corrected chi connectivity index (χ1v) is 12.3. The first-order chi connectivity index (χ1) is 15.2. The molecule has 2 aromatic carbocycles. The minimum atomic E-state index is -0.149. The molecule has 4 rings (SSSR count). The van der Waals surface area contributed by atoms with Crippen molar-refractivity contribution < 1.29 is 14.3 Å². The second-order valence-electron chi connectivity index (χ2n) is 8.19. The van der Waals surface area contributed by atoms with E-state index in [1.54, 1.807) is 11.8 Å². The third-order valence-electron chi connectivity index (χ3n) is 6.00. The minimum Gasteiger partial charge on any atom is -0.492 e. The van der Waals surface area contributed by atoms with Crippen molar-refractivity contribution in [2.45, 2.75) is 50.8 Å². The summed E-state index contributed by atoms with van der Waals surface area (Å²) in [5, 5.41) is 2.90. The number of rotatable bonds is 8. The van der Waals surface area contributed by atoms with E-state index in [1.807, 2.05) is 60.4 Å². The Hall–Kier alpha value is -2.47. The number of carbonyl (C=O) groups excluding carboxylic acids is 2. The Morgan fingerprint density at radius 1 is 1.16 bits per heavy atom. The Balaban J connectivity index is 1.48. The lowest BCUT2D eigenvalue weighted by molar-refractivity contribution is -0.117. The summed E-state index contributed by atoms with van der Waals surface area (Å²) < 4.78 is 5.77. The van der Waals surface area contributed by atoms with E-state index in [1.165, 1.54) is 25.7 Å². The van der Waals surface area contributed by atoms with Gasteiger partial charge < -0.3 is 10.1 Å². The molecule has 2 amide bonds. The molecule has 5 nitrogen and oxygen atoms in total. The van der Waals surface area contributed by atoms with Crippen molar-refractivity contribution in [1.29, 1.82) is 0 Å². The van der Waals surface area contributed by atoms with Gasteiger partial charge in [-0.2, -0.15) is 0 Å². The van der Waals surface area contributed by atoms with Gasteiger partial charge in [-0.05, 0) is 49.1 Å². The van der Waals surface area contributed by atoms with Crippen molar-refractivity contribution in [2.75, 3.05) is 22.6 Å². The Labute approximate surface area is 188 Å². The molecule has 0 radical (unpaired) electrons. The molecule has 0 aromatic heterocycles. The summed E-state index contributed by atoms with van der Waals surface area (Å²) >= 11 is 1.60. The minimum absolute atomic E-state index is 0.0631. The van der Waals surface area contributed by atoms with Crippen LogP contribution < -0.4 is 15.0 Å². The maximum absolute atomic E-state index is 12.8. The van der Waals surface area contributed by atoms with Gasteiger partial charge >= 0.3 is 0 Å². The van der Waals surface area contributed by atoms with Crippen LogP contribution in [0.2, 0.25) is 0 Å². The first kappa shape index (κ1) is 21.8. The fourth-order valence-electron chi connectivity index (χ4n) is 4.49. The Bertz CT molecular complexity index is 926. The normalized spacial score (nSPS) is 19.1. The van der Waals surface area contributed by atoms with Crippen LogP contribution in [0.3, 0.4) is 0 Å². The number of thioether (sulfide) groups is 1. The number of amides is 2. The van der Waals surface area contributed by atoms with Crippen LogP contribution in [0.15, 0.2) is 48.5 Å². The molecule has 2 fully saturated rings. The van der Waals surface area contributed by atoms with Gasteiger partial charge in [-0.15, -0.1) is 11.8 Å². The van der Waals surface area contributed by atoms with Crippen LogP contribution in [0.4, 0.5) is 11.4 Å². The van der Waals surface area contributed by atoms with Crippen molar-refractivity contribution in [3.05, 3.63) is 54.1 Å². The molecule has 1 N–H and O–H groups in total. The molecule has 1 unspecified atom stereocenters. The smallest absolute Gasteiger partial charge is 0.238 e. The number of hydrogen-bond acceptors (Lipinski definition) is 4. The summed E-state index contributed by atoms with van der Waals surface area (Å²) in [6.45, 7) is 2.48. The summed E-state index contributed by atoms with van der Waals surface area (Å²) in [7, 11) is 0. The molecule has 0 bridgehead atoms. The van der Waals surface area contributed by atoms with E-state index in [4.69, 9.17) is 4.74 Å². The van der Waals surface area contributed by atoms with Gasteiger partial charge in [0.25, 0.3) is 0 Å². The van der Waals surface area contributed by atoms with Gasteiger partial charge in [-0.1, -0.05) is 49.9 Å². The fourth-order valence-corrected chi connectivity index (χ4v) is 5.65. The molecular formula is C25H30N2O3S. The number of nitrogens with one attached hydrogen (secondary N) is 1. The SMILES string of the molecule is CCOc1ccccc1N1C(=O)CSC1c1cccc(NC(=O)CCC2CCCC2)c1. The molecule has 1 saturated heterocycles. The van der Waals surface area contributed by atoms with E-state index in [-0.39, 0.29) is 17.2 Å². The summed E-state index contributed by atoms with van der Waals surface area (Å²) in [5.74, 6) is 1.97. The van der Waals surface area contributed by atoms with E-state index < -0.39 is 0 Å². The predicted molar refractivity (Wildman–Crippen MR) is 127 cm³/mol. The van der Waals surface area contributed by atoms with E-state index in [0.29, 0.717) is 30.4 Å². The zero-order chi connectivity index (χ0) is 21.6. The van der Waals surface area contributed by atoms with Crippen molar-refractivity contribution in [3.8, 4) is 5.75 Å². The Kier molecular flexibility index (Phi) is 7.17. The molecular weight excluding hydrogens is 408 g/mol. The highest BCUT2D eigenvalue weighted by molar-refractivity contribution is 8.00. The van der Waals surface area contributed by atoms with Crippen LogP contribution >= 0.6 is 11.8 Å². The zero-order valence-corrected chi connectivity index (χ0v) is 18.8. The van der Waals surface area contributed by atoms with Gasteiger partial charge in [0.15, 0.2) is 0 Å². The van der Waals surface area contributed by atoms with E-state index in [0.717, 1.165) is 23.4 Å². The monoisotopic (exact) mass is 438 g/mol. The largest absolute Gasteiger partial charge is 0.492 e. The molecule has 2 aliphatic rings. The van der Waals surface area contributed by atoms with E-state index >= 15 is 0 Å². The molecule has 1 heterocycles. The number of anilines is 2. The van der Waals surface area contributed by atoms with Crippen molar-refractivity contribution in [2.24, 2.45) is 5.92 Å². The second kappa shape index (κ2) is 10.2. The number of hydrogen-bond donors (Lipinski definition) is 1. The quantitative estimate of drug-likeness (QED) is 0.568. The Morgan fingerprint density at radius 3 is 2.77 bits per heavy atom. The molecule has 164 valence electrons. The van der Waals surface area contributed by atoms with Crippen LogP contribution in [0.5, 0.6) is 5.75 Å². The molecule has 1 aliphatic carbocycles.